The molecule has 1 aliphatic rings. The number of benzene rings is 9. The molecule has 0 saturated carbocycles. The Morgan fingerprint density at radius 1 is 0.403 bits per heavy atom. The third kappa shape index (κ3) is 6.72. The fourth-order valence-corrected chi connectivity index (χ4v) is 10.6. The third-order valence-electron chi connectivity index (χ3n) is 14.8. The average molecular weight is 935 g/mol. The van der Waals surface area contributed by atoms with Gasteiger partial charge in [-0.05, 0) is 125 Å². The van der Waals surface area contributed by atoms with Gasteiger partial charge in [0.2, 0.25) is 0 Å². The summed E-state index contributed by atoms with van der Waals surface area (Å²) in [5.74, 6) is 0.713. The van der Waals surface area contributed by atoms with Crippen molar-refractivity contribution < 1.29 is 9.47 Å². The molecule has 0 radical (unpaired) electrons. The van der Waals surface area contributed by atoms with Gasteiger partial charge in [0.25, 0.3) is 0 Å². The van der Waals surface area contributed by atoms with Gasteiger partial charge in [-0.3, -0.25) is 0 Å². The number of para-hydroxylation sites is 6. The minimum absolute atomic E-state index is 0.148. The van der Waals surface area contributed by atoms with Crippen molar-refractivity contribution in [1.29, 1.82) is 10.5 Å². The highest BCUT2D eigenvalue weighted by Gasteiger charge is 2.50. The zero-order chi connectivity index (χ0) is 49.5. The van der Waals surface area contributed by atoms with Gasteiger partial charge in [0.05, 0.1) is 22.1 Å². The van der Waals surface area contributed by atoms with Crippen LogP contribution in [0.25, 0.3) is 55.0 Å². The summed E-state index contributed by atoms with van der Waals surface area (Å²) >= 11 is 0. The van der Waals surface area contributed by atoms with Crippen molar-refractivity contribution in [3.8, 4) is 35.0 Å². The zero-order valence-electron chi connectivity index (χ0n) is 41.0. The van der Waals surface area contributed by atoms with Gasteiger partial charge >= 0.3 is 0 Å². The molecule has 0 aliphatic carbocycles. The fourth-order valence-electron chi connectivity index (χ4n) is 10.6. The Balaban J connectivity index is 1.20. The second-order valence-electron chi connectivity index (χ2n) is 19.6. The van der Waals surface area contributed by atoms with Gasteiger partial charge in [0.1, 0.15) is 45.8 Å². The second-order valence-corrected chi connectivity index (χ2v) is 19.6. The van der Waals surface area contributed by atoms with E-state index in [9.17, 15) is 10.5 Å². The minimum Gasteiger partial charge on any atom is -0.477 e. The molecule has 348 valence electrons. The van der Waals surface area contributed by atoms with Gasteiger partial charge in [-0.2, -0.15) is 10.5 Å². The summed E-state index contributed by atoms with van der Waals surface area (Å²) in [6.45, 7) is 12.2. The first kappa shape index (κ1) is 44.0. The third-order valence-corrected chi connectivity index (χ3v) is 14.8. The molecule has 0 bridgehead atoms. The number of hydrogen-bond acceptors (Lipinski definition) is 6. The Kier molecular flexibility index (Phi) is 10.2. The maximum atomic E-state index is 11.9. The molecular weight excluding hydrogens is 885 g/mol. The number of ether oxygens (including phenoxy) is 2. The summed E-state index contributed by atoms with van der Waals surface area (Å²) in [6, 6.07) is 72.0. The average Bonchev–Trinajstić information content (AvgIpc) is 3.91. The van der Waals surface area contributed by atoms with Gasteiger partial charge in [-0.1, -0.05) is 121 Å². The Hall–Kier alpha value is -9.24. The topological polar surface area (TPSA) is 82.4 Å². The number of aryl methyl sites for hydroxylation is 2. The van der Waals surface area contributed by atoms with Gasteiger partial charge in [-0.25, -0.2) is 0 Å². The highest BCUT2D eigenvalue weighted by molar-refractivity contribution is 6.12. The largest absolute Gasteiger partial charge is 0.477 e. The van der Waals surface area contributed by atoms with Crippen LogP contribution < -0.4 is 19.3 Å². The van der Waals surface area contributed by atoms with Crippen LogP contribution in [-0.2, 0) is 0 Å². The van der Waals surface area contributed by atoms with E-state index in [4.69, 9.17) is 9.47 Å². The highest BCUT2D eigenvalue weighted by Crippen LogP contribution is 2.61. The quantitative estimate of drug-likeness (QED) is 0.151. The van der Waals surface area contributed by atoms with Gasteiger partial charge in [0.15, 0.2) is 11.5 Å². The molecule has 8 heteroatoms. The van der Waals surface area contributed by atoms with E-state index in [1.54, 1.807) is 0 Å². The van der Waals surface area contributed by atoms with E-state index in [0.29, 0.717) is 22.9 Å². The predicted octanol–water partition coefficient (Wildman–Crippen LogP) is 16.5. The van der Waals surface area contributed by atoms with E-state index in [1.165, 1.54) is 0 Å². The molecule has 0 amide bonds. The molecule has 0 fully saturated rings. The van der Waals surface area contributed by atoms with E-state index < -0.39 is 11.2 Å². The summed E-state index contributed by atoms with van der Waals surface area (Å²) in [7, 11) is 0. The lowest BCUT2D eigenvalue weighted by Gasteiger charge is -2.48. The smallest absolute Gasteiger partial charge is 0.189 e. The first-order valence-corrected chi connectivity index (χ1v) is 24.3. The van der Waals surface area contributed by atoms with E-state index in [2.05, 4.69) is 203 Å². The number of anilines is 6. The van der Waals surface area contributed by atoms with E-state index >= 15 is 0 Å². The van der Waals surface area contributed by atoms with Crippen molar-refractivity contribution in [1.82, 2.24) is 9.13 Å². The van der Waals surface area contributed by atoms with Crippen LogP contribution in [0.15, 0.2) is 194 Å². The maximum absolute atomic E-state index is 11.9. The molecule has 0 spiro atoms. The van der Waals surface area contributed by atoms with Gasteiger partial charge in [-0.15, -0.1) is 0 Å². The van der Waals surface area contributed by atoms with Crippen LogP contribution in [0.2, 0.25) is 0 Å². The number of rotatable bonds is 8. The molecule has 11 aromatic rings. The van der Waals surface area contributed by atoms with Crippen LogP contribution >= 0.6 is 0 Å². The lowest BCUT2D eigenvalue weighted by Crippen LogP contribution is -2.56. The van der Waals surface area contributed by atoms with E-state index in [1.807, 2.05) is 64.1 Å². The lowest BCUT2D eigenvalue weighted by molar-refractivity contribution is -0.0982. The fraction of sp³-hybridized carbons (Fsp3) is 0.125. The summed E-state index contributed by atoms with van der Waals surface area (Å²) in [6.07, 6.45) is 0. The van der Waals surface area contributed by atoms with Crippen LogP contribution in [0.5, 0.6) is 11.5 Å². The first-order chi connectivity index (χ1) is 35.0. The van der Waals surface area contributed by atoms with Gasteiger partial charge < -0.3 is 28.4 Å². The monoisotopic (exact) mass is 934 g/mol. The van der Waals surface area contributed by atoms with Crippen molar-refractivity contribution in [3.63, 3.8) is 0 Å². The molecular formula is C64H50N6O2. The Bertz CT molecular complexity index is 3790. The summed E-state index contributed by atoms with van der Waals surface area (Å²) in [5.41, 5.74) is 10.5. The molecule has 1 aliphatic heterocycles. The van der Waals surface area contributed by atoms with Crippen molar-refractivity contribution >= 4 is 77.7 Å². The minimum atomic E-state index is -0.920. The molecule has 2 aromatic heterocycles. The molecule has 12 rings (SSSR count). The SMILES string of the molecule is Cc1ccccc1N(c1ccc2c3ccccc3n(-c3ccccc3)c2c1)c1c(C#N)c(C#N)c(N(c2ccc3c4ccccc4n(-c4ccccc4)c3c2)c2ccccc2C)c2c1OC(C)(C)C(C)(C)O2. The van der Waals surface area contributed by atoms with Crippen molar-refractivity contribution in [2.24, 2.45) is 0 Å². The summed E-state index contributed by atoms with van der Waals surface area (Å²) in [5, 5.41) is 28.2. The van der Waals surface area contributed by atoms with Crippen molar-refractivity contribution in [2.75, 3.05) is 9.80 Å². The Morgan fingerprint density at radius 3 is 1.14 bits per heavy atom. The number of hydrogen-bond donors (Lipinski definition) is 0. The normalized spacial score (nSPS) is 13.6. The molecule has 0 saturated heterocycles. The summed E-state index contributed by atoms with van der Waals surface area (Å²) in [4.78, 5) is 4.17. The van der Waals surface area contributed by atoms with Crippen LogP contribution in [0.3, 0.4) is 0 Å². The molecule has 0 unspecified atom stereocenters. The molecule has 9 aromatic carbocycles. The van der Waals surface area contributed by atoms with Crippen LogP contribution in [-0.4, -0.2) is 20.3 Å². The maximum Gasteiger partial charge on any atom is 0.189 e. The number of aromatic nitrogens is 2. The second kappa shape index (κ2) is 16.7. The zero-order valence-corrected chi connectivity index (χ0v) is 41.0. The number of fused-ring (bicyclic) bond motifs is 7. The van der Waals surface area contributed by atoms with Crippen molar-refractivity contribution in [3.05, 3.63) is 216 Å². The molecule has 8 nitrogen and oxygen atoms in total. The van der Waals surface area contributed by atoms with Crippen LogP contribution in [0.1, 0.15) is 49.9 Å². The predicted molar refractivity (Wildman–Crippen MR) is 293 cm³/mol. The number of nitrogens with zero attached hydrogens (tertiary/aromatic N) is 6. The van der Waals surface area contributed by atoms with Crippen LogP contribution in [0, 0.1) is 36.5 Å². The number of nitriles is 2. The molecule has 0 N–H and O–H groups in total. The Labute approximate surface area is 419 Å². The van der Waals surface area contributed by atoms with Crippen LogP contribution in [0.4, 0.5) is 34.1 Å². The van der Waals surface area contributed by atoms with Crippen molar-refractivity contribution in [2.45, 2.75) is 52.7 Å². The molecule has 3 heterocycles. The van der Waals surface area contributed by atoms with E-state index in [0.717, 1.165) is 88.9 Å². The lowest BCUT2D eigenvalue weighted by atomic mass is 9.86. The standard InChI is InChI=1S/C64H50N6O2/c1-41-21-13-17-29-53(41)69(45-33-35-49-47-27-15-19-31-55(47)67(57(49)37-45)43-23-9-7-10-24-43)59-51(39-65)52(40-66)60(62-61(59)71-63(3,4)64(5,6)72-62)70(54-30-18-14-22-42(54)2)46-34-36-50-48-28-16-20-32-56(48)68(58(50)38-46)44-25-11-8-12-26-44/h7-38H,1-6H3. The Morgan fingerprint density at radius 2 is 0.750 bits per heavy atom. The molecule has 72 heavy (non-hydrogen) atoms. The van der Waals surface area contributed by atoms with E-state index in [-0.39, 0.29) is 11.1 Å². The highest BCUT2D eigenvalue weighted by atomic mass is 16.6. The first-order valence-electron chi connectivity index (χ1n) is 24.3. The summed E-state index contributed by atoms with van der Waals surface area (Å²) < 4.78 is 19.4. The molecule has 0 atom stereocenters. The van der Waals surface area contributed by atoms with Gasteiger partial charge in [0, 0.05) is 55.7 Å².